The molecule has 19 heavy (non-hydrogen) atoms. The molecule has 0 saturated carbocycles. The van der Waals surface area contributed by atoms with Crippen molar-refractivity contribution in [2.45, 2.75) is 39.5 Å². The second-order valence-electron chi connectivity index (χ2n) is 6.08. The lowest BCUT2D eigenvalue weighted by Gasteiger charge is -2.26. The van der Waals surface area contributed by atoms with E-state index in [4.69, 9.17) is 4.74 Å². The van der Waals surface area contributed by atoms with Gasteiger partial charge in [0.15, 0.2) is 11.6 Å². The Bertz CT molecular complexity index is 402. The normalized spacial score (nSPS) is 11.9. The van der Waals surface area contributed by atoms with Crippen LogP contribution in [0, 0.1) is 11.7 Å². The molecule has 1 rings (SSSR count). The monoisotopic (exact) mass is 267 g/mol. The van der Waals surface area contributed by atoms with Crippen molar-refractivity contribution in [3.8, 4) is 5.75 Å². The van der Waals surface area contributed by atoms with Crippen molar-refractivity contribution in [2.75, 3.05) is 20.2 Å². The summed E-state index contributed by atoms with van der Waals surface area (Å²) in [5, 5.41) is 3.43. The standard InChI is InChI=1S/C16H26FNO/c1-12(2)11-18-9-8-16(3,4)13-6-7-15(19-5)14(17)10-13/h6-7,10,12,18H,8-9,11H2,1-5H3. The highest BCUT2D eigenvalue weighted by Gasteiger charge is 2.21. The average Bonchev–Trinajstić information content (AvgIpc) is 2.34. The van der Waals surface area contributed by atoms with Gasteiger partial charge in [0.25, 0.3) is 0 Å². The van der Waals surface area contributed by atoms with E-state index in [2.05, 4.69) is 33.0 Å². The number of rotatable bonds is 7. The summed E-state index contributed by atoms with van der Waals surface area (Å²) in [6.07, 6.45) is 0.978. The molecule has 0 aliphatic heterocycles. The summed E-state index contributed by atoms with van der Waals surface area (Å²) >= 11 is 0. The number of hydrogen-bond donors (Lipinski definition) is 1. The number of halogens is 1. The van der Waals surface area contributed by atoms with Crippen LogP contribution in [-0.2, 0) is 5.41 Å². The van der Waals surface area contributed by atoms with Gasteiger partial charge in [-0.1, -0.05) is 33.8 Å². The van der Waals surface area contributed by atoms with Crippen LogP contribution in [0.4, 0.5) is 4.39 Å². The van der Waals surface area contributed by atoms with Crippen LogP contribution in [0.3, 0.4) is 0 Å². The quantitative estimate of drug-likeness (QED) is 0.760. The SMILES string of the molecule is COc1ccc(C(C)(C)CCNCC(C)C)cc1F. The summed E-state index contributed by atoms with van der Waals surface area (Å²) in [5.74, 6) is 0.669. The van der Waals surface area contributed by atoms with Gasteiger partial charge < -0.3 is 10.1 Å². The molecule has 0 fully saturated rings. The van der Waals surface area contributed by atoms with Crippen LogP contribution in [0.2, 0.25) is 0 Å². The van der Waals surface area contributed by atoms with Crippen LogP contribution < -0.4 is 10.1 Å². The van der Waals surface area contributed by atoms with Crippen LogP contribution in [0.1, 0.15) is 39.7 Å². The summed E-state index contributed by atoms with van der Waals surface area (Å²) in [6, 6.07) is 5.24. The van der Waals surface area contributed by atoms with Gasteiger partial charge in [-0.05, 0) is 48.5 Å². The van der Waals surface area contributed by atoms with Crippen LogP contribution >= 0.6 is 0 Å². The maximum absolute atomic E-state index is 13.7. The summed E-state index contributed by atoms with van der Waals surface area (Å²) < 4.78 is 18.7. The van der Waals surface area contributed by atoms with E-state index in [1.54, 1.807) is 12.1 Å². The molecule has 0 spiro atoms. The fraction of sp³-hybridized carbons (Fsp3) is 0.625. The van der Waals surface area contributed by atoms with Crippen molar-refractivity contribution < 1.29 is 9.13 Å². The van der Waals surface area contributed by atoms with E-state index in [1.807, 2.05) is 6.07 Å². The number of benzene rings is 1. The molecular weight excluding hydrogens is 241 g/mol. The van der Waals surface area contributed by atoms with Gasteiger partial charge in [0.2, 0.25) is 0 Å². The first-order valence-electron chi connectivity index (χ1n) is 6.91. The van der Waals surface area contributed by atoms with E-state index in [0.717, 1.165) is 25.1 Å². The molecule has 0 amide bonds. The van der Waals surface area contributed by atoms with E-state index >= 15 is 0 Å². The van der Waals surface area contributed by atoms with Crippen molar-refractivity contribution in [1.29, 1.82) is 0 Å². The summed E-state index contributed by atoms with van der Waals surface area (Å²) in [4.78, 5) is 0. The van der Waals surface area contributed by atoms with Crippen LogP contribution in [0.15, 0.2) is 18.2 Å². The average molecular weight is 267 g/mol. The van der Waals surface area contributed by atoms with Crippen LogP contribution in [-0.4, -0.2) is 20.2 Å². The molecule has 1 aromatic carbocycles. The Kier molecular flexibility index (Phi) is 5.80. The molecule has 0 heterocycles. The molecule has 0 aliphatic rings. The maximum Gasteiger partial charge on any atom is 0.165 e. The summed E-state index contributed by atoms with van der Waals surface area (Å²) in [6.45, 7) is 10.6. The number of hydrogen-bond acceptors (Lipinski definition) is 2. The summed E-state index contributed by atoms with van der Waals surface area (Å²) in [5.41, 5.74) is 0.967. The third kappa shape index (κ3) is 4.83. The molecule has 0 unspecified atom stereocenters. The third-order valence-electron chi connectivity index (χ3n) is 3.41. The van der Waals surface area contributed by atoms with Gasteiger partial charge >= 0.3 is 0 Å². The highest BCUT2D eigenvalue weighted by molar-refractivity contribution is 5.33. The second kappa shape index (κ2) is 6.90. The fourth-order valence-electron chi connectivity index (χ4n) is 2.02. The topological polar surface area (TPSA) is 21.3 Å². The summed E-state index contributed by atoms with van der Waals surface area (Å²) in [7, 11) is 1.49. The lowest BCUT2D eigenvalue weighted by Crippen LogP contribution is -2.27. The first-order valence-corrected chi connectivity index (χ1v) is 6.91. The Morgan fingerprint density at radius 2 is 2.00 bits per heavy atom. The zero-order valence-corrected chi connectivity index (χ0v) is 12.7. The van der Waals surface area contributed by atoms with Crippen LogP contribution in [0.5, 0.6) is 5.75 Å². The lowest BCUT2D eigenvalue weighted by atomic mass is 9.81. The fourth-order valence-corrected chi connectivity index (χ4v) is 2.02. The molecule has 1 aromatic rings. The number of ether oxygens (including phenoxy) is 1. The smallest absolute Gasteiger partial charge is 0.165 e. The van der Waals surface area contributed by atoms with Gasteiger partial charge in [0, 0.05) is 0 Å². The van der Waals surface area contributed by atoms with Gasteiger partial charge in [-0.3, -0.25) is 0 Å². The van der Waals surface area contributed by atoms with E-state index in [1.165, 1.54) is 7.11 Å². The van der Waals surface area contributed by atoms with Crippen molar-refractivity contribution in [3.63, 3.8) is 0 Å². The predicted molar refractivity (Wildman–Crippen MR) is 78.3 cm³/mol. The molecule has 1 N–H and O–H groups in total. The zero-order chi connectivity index (χ0) is 14.5. The molecular formula is C16H26FNO. The zero-order valence-electron chi connectivity index (χ0n) is 12.7. The van der Waals surface area contributed by atoms with E-state index in [0.29, 0.717) is 11.7 Å². The molecule has 2 nitrogen and oxygen atoms in total. The van der Waals surface area contributed by atoms with Crippen molar-refractivity contribution in [2.24, 2.45) is 5.92 Å². The molecule has 0 bridgehead atoms. The Morgan fingerprint density at radius 3 is 2.53 bits per heavy atom. The molecule has 0 atom stereocenters. The molecule has 0 aliphatic carbocycles. The molecule has 0 radical (unpaired) electrons. The number of nitrogens with one attached hydrogen (secondary N) is 1. The first-order chi connectivity index (χ1) is 8.86. The minimum atomic E-state index is -0.289. The lowest BCUT2D eigenvalue weighted by molar-refractivity contribution is 0.383. The molecule has 108 valence electrons. The molecule has 0 aromatic heterocycles. The minimum Gasteiger partial charge on any atom is -0.494 e. The van der Waals surface area contributed by atoms with Crippen molar-refractivity contribution in [3.05, 3.63) is 29.6 Å². The molecule has 0 saturated heterocycles. The number of methoxy groups -OCH3 is 1. The first kappa shape index (κ1) is 16.0. The van der Waals surface area contributed by atoms with Gasteiger partial charge in [-0.2, -0.15) is 0 Å². The van der Waals surface area contributed by atoms with Gasteiger partial charge in [0.05, 0.1) is 7.11 Å². The third-order valence-corrected chi connectivity index (χ3v) is 3.41. The van der Waals surface area contributed by atoms with E-state index in [-0.39, 0.29) is 11.2 Å². The van der Waals surface area contributed by atoms with E-state index < -0.39 is 0 Å². The largest absolute Gasteiger partial charge is 0.494 e. The Morgan fingerprint density at radius 1 is 1.32 bits per heavy atom. The van der Waals surface area contributed by atoms with Gasteiger partial charge in [-0.15, -0.1) is 0 Å². The second-order valence-corrected chi connectivity index (χ2v) is 6.08. The van der Waals surface area contributed by atoms with Gasteiger partial charge in [0.1, 0.15) is 0 Å². The predicted octanol–water partition coefficient (Wildman–Crippen LogP) is 3.75. The Hall–Kier alpha value is -1.09. The van der Waals surface area contributed by atoms with E-state index in [9.17, 15) is 4.39 Å². The van der Waals surface area contributed by atoms with Gasteiger partial charge in [-0.25, -0.2) is 4.39 Å². The van der Waals surface area contributed by atoms with Crippen molar-refractivity contribution in [1.82, 2.24) is 5.32 Å². The minimum absolute atomic E-state index is 0.0446. The van der Waals surface area contributed by atoms with Crippen molar-refractivity contribution >= 4 is 0 Å². The highest BCUT2D eigenvalue weighted by atomic mass is 19.1. The Balaban J connectivity index is 2.63. The maximum atomic E-state index is 13.7. The highest BCUT2D eigenvalue weighted by Crippen LogP contribution is 2.29. The Labute approximate surface area is 116 Å². The molecule has 3 heteroatoms. The van der Waals surface area contributed by atoms with Crippen LogP contribution in [0.25, 0.3) is 0 Å².